The van der Waals surface area contributed by atoms with Gasteiger partial charge in [0.15, 0.2) is 17.5 Å². The molecule has 0 aliphatic rings. The molecule has 252 valence electrons. The first-order valence-corrected chi connectivity index (χ1v) is 19.1. The van der Waals surface area contributed by atoms with Crippen molar-refractivity contribution in [3.63, 3.8) is 0 Å². The molecule has 0 saturated carbocycles. The lowest BCUT2D eigenvalue weighted by atomic mass is 9.93. The summed E-state index contributed by atoms with van der Waals surface area (Å²) in [5.74, 6) is 1.95. The van der Waals surface area contributed by atoms with E-state index in [2.05, 4.69) is 177 Å². The third-order valence-electron chi connectivity index (χ3n) is 10.8. The lowest BCUT2D eigenvalue weighted by molar-refractivity contribution is 1.08. The fourth-order valence-corrected chi connectivity index (χ4v) is 9.39. The lowest BCUT2D eigenvalue weighted by Crippen LogP contribution is -2.00. The van der Waals surface area contributed by atoms with E-state index in [0.717, 1.165) is 22.3 Å². The summed E-state index contributed by atoms with van der Waals surface area (Å²) in [5.41, 5.74) is 6.43. The van der Waals surface area contributed by atoms with Gasteiger partial charge >= 0.3 is 0 Å². The second-order valence-corrected chi connectivity index (χ2v) is 15.1. The Kier molecular flexibility index (Phi) is 6.94. The average Bonchev–Trinajstić information content (AvgIpc) is 3.62. The van der Waals surface area contributed by atoms with Crippen LogP contribution in [0.25, 0.3) is 109 Å². The molecule has 11 rings (SSSR count). The van der Waals surface area contributed by atoms with E-state index in [-0.39, 0.29) is 0 Å². The quantitative estimate of drug-likeness (QED) is 0.171. The second-order valence-electron chi connectivity index (χ2n) is 14.0. The van der Waals surface area contributed by atoms with Crippen LogP contribution in [0.1, 0.15) is 5.56 Å². The van der Waals surface area contributed by atoms with Gasteiger partial charge in [0.05, 0.1) is 0 Å². The molecular formula is C50H31N3S. The number of thiophene rings is 1. The van der Waals surface area contributed by atoms with Crippen molar-refractivity contribution in [3.05, 3.63) is 175 Å². The monoisotopic (exact) mass is 705 g/mol. The number of nitrogens with zero attached hydrogens (tertiary/aromatic N) is 3. The van der Waals surface area contributed by atoms with E-state index in [0.29, 0.717) is 17.5 Å². The zero-order valence-electron chi connectivity index (χ0n) is 29.4. The summed E-state index contributed by atoms with van der Waals surface area (Å²) in [5, 5.41) is 12.4. The van der Waals surface area contributed by atoms with Crippen molar-refractivity contribution >= 4 is 74.6 Å². The molecule has 0 spiro atoms. The molecule has 54 heavy (non-hydrogen) atoms. The van der Waals surface area contributed by atoms with Crippen LogP contribution < -0.4 is 0 Å². The molecule has 0 fully saturated rings. The van der Waals surface area contributed by atoms with Crippen LogP contribution in [0, 0.1) is 6.92 Å². The SMILES string of the molecule is Cc1ccccc1-c1cccc(-c2nc(-c3ccc4sc5c6ccccc6ccc5c4c3)nc(-c3ccc4c5ccccc5c5ccccc5c4c3)n2)c1. The van der Waals surface area contributed by atoms with Crippen LogP contribution in [0.4, 0.5) is 0 Å². The van der Waals surface area contributed by atoms with E-state index in [4.69, 9.17) is 15.0 Å². The molecule has 0 saturated heterocycles. The smallest absolute Gasteiger partial charge is 0.164 e. The average molecular weight is 706 g/mol. The largest absolute Gasteiger partial charge is 0.208 e. The molecule has 9 aromatic carbocycles. The molecule has 11 aromatic rings. The topological polar surface area (TPSA) is 38.7 Å². The van der Waals surface area contributed by atoms with Crippen LogP contribution >= 0.6 is 11.3 Å². The molecule has 0 unspecified atom stereocenters. The Morgan fingerprint density at radius 1 is 0.352 bits per heavy atom. The number of aryl methyl sites for hydroxylation is 1. The van der Waals surface area contributed by atoms with Gasteiger partial charge in [-0.2, -0.15) is 0 Å². The summed E-state index contributed by atoms with van der Waals surface area (Å²) in [6, 6.07) is 60.8. The van der Waals surface area contributed by atoms with Gasteiger partial charge in [-0.1, -0.05) is 140 Å². The minimum absolute atomic E-state index is 0.648. The number of hydrogen-bond donors (Lipinski definition) is 0. The Morgan fingerprint density at radius 3 is 1.57 bits per heavy atom. The van der Waals surface area contributed by atoms with E-state index < -0.39 is 0 Å². The van der Waals surface area contributed by atoms with Crippen LogP contribution in [0.15, 0.2) is 170 Å². The Bertz CT molecular complexity index is 3270. The maximum absolute atomic E-state index is 5.25. The highest BCUT2D eigenvalue weighted by Gasteiger charge is 2.17. The van der Waals surface area contributed by atoms with Gasteiger partial charge in [-0.3, -0.25) is 0 Å². The van der Waals surface area contributed by atoms with Gasteiger partial charge in [0, 0.05) is 36.9 Å². The predicted molar refractivity (Wildman–Crippen MR) is 229 cm³/mol. The van der Waals surface area contributed by atoms with Crippen molar-refractivity contribution in [1.82, 2.24) is 15.0 Å². The van der Waals surface area contributed by atoms with Crippen molar-refractivity contribution < 1.29 is 0 Å². The highest BCUT2D eigenvalue weighted by Crippen LogP contribution is 2.41. The number of fused-ring (bicyclic) bond motifs is 11. The predicted octanol–water partition coefficient (Wildman–Crippen LogP) is 13.8. The minimum atomic E-state index is 0.648. The lowest BCUT2D eigenvalue weighted by Gasteiger charge is -2.13. The molecule has 0 radical (unpaired) electrons. The highest BCUT2D eigenvalue weighted by molar-refractivity contribution is 7.26. The van der Waals surface area contributed by atoms with Gasteiger partial charge in [0.25, 0.3) is 0 Å². The third kappa shape index (κ3) is 4.92. The van der Waals surface area contributed by atoms with Crippen molar-refractivity contribution in [2.45, 2.75) is 6.92 Å². The molecule has 0 aliphatic heterocycles. The molecule has 2 heterocycles. The van der Waals surface area contributed by atoms with E-state index >= 15 is 0 Å². The first-order chi connectivity index (χ1) is 26.7. The molecule has 0 N–H and O–H groups in total. The first-order valence-electron chi connectivity index (χ1n) is 18.3. The molecular weight excluding hydrogens is 675 g/mol. The number of rotatable bonds is 4. The molecule has 0 aliphatic carbocycles. The summed E-state index contributed by atoms with van der Waals surface area (Å²) in [4.78, 5) is 15.7. The number of hydrogen-bond acceptors (Lipinski definition) is 4. The first kappa shape index (κ1) is 30.8. The van der Waals surface area contributed by atoms with Crippen molar-refractivity contribution in [1.29, 1.82) is 0 Å². The van der Waals surface area contributed by atoms with Crippen molar-refractivity contribution in [3.8, 4) is 45.3 Å². The van der Waals surface area contributed by atoms with E-state index in [1.54, 1.807) is 0 Å². The molecule has 0 amide bonds. The van der Waals surface area contributed by atoms with Gasteiger partial charge in [0.2, 0.25) is 0 Å². The number of benzene rings is 9. The van der Waals surface area contributed by atoms with Gasteiger partial charge in [-0.25, -0.2) is 15.0 Å². The van der Waals surface area contributed by atoms with Crippen LogP contribution in [-0.2, 0) is 0 Å². The van der Waals surface area contributed by atoms with Crippen LogP contribution in [0.5, 0.6) is 0 Å². The Morgan fingerprint density at radius 2 is 0.870 bits per heavy atom. The molecule has 0 bridgehead atoms. The second kappa shape index (κ2) is 12.2. The highest BCUT2D eigenvalue weighted by atomic mass is 32.1. The molecule has 2 aromatic heterocycles. The maximum atomic E-state index is 5.25. The van der Waals surface area contributed by atoms with Crippen molar-refractivity contribution in [2.24, 2.45) is 0 Å². The zero-order chi connectivity index (χ0) is 35.8. The van der Waals surface area contributed by atoms with E-state index in [1.165, 1.54) is 74.4 Å². The van der Waals surface area contributed by atoms with Crippen LogP contribution in [0.3, 0.4) is 0 Å². The Hall–Kier alpha value is -6.75. The van der Waals surface area contributed by atoms with Gasteiger partial charge < -0.3 is 0 Å². The summed E-state index contributed by atoms with van der Waals surface area (Å²) in [6.45, 7) is 2.15. The Balaban J connectivity index is 1.14. The van der Waals surface area contributed by atoms with Gasteiger partial charge in [-0.15, -0.1) is 11.3 Å². The summed E-state index contributed by atoms with van der Waals surface area (Å²) in [7, 11) is 0. The van der Waals surface area contributed by atoms with Crippen molar-refractivity contribution in [2.75, 3.05) is 0 Å². The third-order valence-corrected chi connectivity index (χ3v) is 12.1. The minimum Gasteiger partial charge on any atom is -0.208 e. The zero-order valence-corrected chi connectivity index (χ0v) is 30.2. The van der Waals surface area contributed by atoms with Crippen LogP contribution in [-0.4, -0.2) is 15.0 Å². The summed E-state index contributed by atoms with van der Waals surface area (Å²) >= 11 is 1.85. The van der Waals surface area contributed by atoms with Gasteiger partial charge in [-0.05, 0) is 97.0 Å². The Labute approximate surface area is 315 Å². The maximum Gasteiger partial charge on any atom is 0.164 e. The van der Waals surface area contributed by atoms with Gasteiger partial charge in [0.1, 0.15) is 0 Å². The fourth-order valence-electron chi connectivity index (χ4n) is 8.18. The summed E-state index contributed by atoms with van der Waals surface area (Å²) < 4.78 is 2.56. The van der Waals surface area contributed by atoms with E-state index in [1.807, 2.05) is 11.3 Å². The fraction of sp³-hybridized carbons (Fsp3) is 0.0200. The molecule has 4 heteroatoms. The normalized spacial score (nSPS) is 11.8. The summed E-state index contributed by atoms with van der Waals surface area (Å²) in [6.07, 6.45) is 0. The van der Waals surface area contributed by atoms with E-state index in [9.17, 15) is 0 Å². The number of aromatic nitrogens is 3. The molecule has 3 nitrogen and oxygen atoms in total. The van der Waals surface area contributed by atoms with Crippen LogP contribution in [0.2, 0.25) is 0 Å². The molecule has 0 atom stereocenters. The standard InChI is InChI=1S/C50H31N3S/c1-30-11-2-4-15-36(30)32-13-10-14-33(27-32)48-51-49(34-22-24-42-40-19-7-6-17-38(40)39-18-8-9-20-41(39)44(42)28-34)53-50(52-48)35-23-26-46-45(29-35)43-25-21-31-12-3-5-16-37(31)47(43)54-46/h2-29H,1H3.